The Morgan fingerprint density at radius 2 is 1.47 bits per heavy atom. The fraction of sp³-hybridized carbons (Fsp3) is 0.250. The molecule has 0 saturated carbocycles. The van der Waals surface area contributed by atoms with Crippen LogP contribution in [0.1, 0.15) is 20.7 Å². The van der Waals surface area contributed by atoms with Gasteiger partial charge in [-0.25, -0.2) is 14.4 Å². The number of esters is 2. The van der Waals surface area contributed by atoms with Crippen molar-refractivity contribution in [2.24, 2.45) is 0 Å². The number of aliphatic hydroxyl groups excluding tert-OH is 1. The van der Waals surface area contributed by atoms with Crippen LogP contribution < -0.4 is 0 Å². The van der Waals surface area contributed by atoms with Gasteiger partial charge in [-0.05, 0) is 24.3 Å². The minimum Gasteiger partial charge on any atom is -0.478 e. The molecule has 0 aromatic heterocycles. The third kappa shape index (κ3) is 4.76. The Bertz CT molecular complexity index is 463. The molecular weight excluding hydrogens is 256 g/mol. The summed E-state index contributed by atoms with van der Waals surface area (Å²) in [6.45, 7) is -1.03. The van der Waals surface area contributed by atoms with Gasteiger partial charge in [-0.1, -0.05) is 0 Å². The maximum Gasteiger partial charge on any atom is 0.338 e. The molecule has 19 heavy (non-hydrogen) atoms. The number of hydrogen-bond donors (Lipinski definition) is 2. The summed E-state index contributed by atoms with van der Waals surface area (Å²) in [5, 5.41) is 17.0. The van der Waals surface area contributed by atoms with Crippen LogP contribution in [0.25, 0.3) is 0 Å². The molecule has 7 nitrogen and oxygen atoms in total. The standard InChI is InChI=1S/C12H12O7/c13-7-10(14)18-5-6-19-12(17)9-3-1-8(2-4-9)11(15)16/h1-4,13H,5-7H2,(H,15,16). The van der Waals surface area contributed by atoms with Gasteiger partial charge >= 0.3 is 17.9 Å². The molecule has 2 N–H and O–H groups in total. The van der Waals surface area contributed by atoms with Gasteiger partial charge < -0.3 is 19.7 Å². The molecule has 0 bridgehead atoms. The van der Waals surface area contributed by atoms with Crippen molar-refractivity contribution >= 4 is 17.9 Å². The van der Waals surface area contributed by atoms with Crippen molar-refractivity contribution < 1.29 is 34.1 Å². The van der Waals surface area contributed by atoms with Crippen LogP contribution in [0, 0.1) is 0 Å². The molecule has 1 aromatic carbocycles. The number of carboxylic acid groups (broad SMARTS) is 1. The van der Waals surface area contributed by atoms with Gasteiger partial charge in [0.1, 0.15) is 19.8 Å². The SMILES string of the molecule is O=C(CO)OCCOC(=O)c1ccc(C(=O)O)cc1. The van der Waals surface area contributed by atoms with Gasteiger partial charge in [0.25, 0.3) is 0 Å². The number of carbonyl (C=O) groups excluding carboxylic acids is 2. The summed E-state index contributed by atoms with van der Waals surface area (Å²) < 4.78 is 9.26. The van der Waals surface area contributed by atoms with E-state index in [2.05, 4.69) is 4.74 Å². The van der Waals surface area contributed by atoms with E-state index in [-0.39, 0.29) is 24.3 Å². The lowest BCUT2D eigenvalue weighted by Gasteiger charge is -2.05. The van der Waals surface area contributed by atoms with E-state index in [1.165, 1.54) is 24.3 Å². The van der Waals surface area contributed by atoms with Crippen LogP contribution in [-0.4, -0.2) is 47.9 Å². The summed E-state index contributed by atoms with van der Waals surface area (Å²) in [4.78, 5) is 32.6. The van der Waals surface area contributed by atoms with Crippen LogP contribution in [0.3, 0.4) is 0 Å². The van der Waals surface area contributed by atoms with E-state index >= 15 is 0 Å². The number of hydrogen-bond acceptors (Lipinski definition) is 6. The van der Waals surface area contributed by atoms with Gasteiger partial charge in [0.15, 0.2) is 0 Å². The Morgan fingerprint density at radius 3 is 2.00 bits per heavy atom. The van der Waals surface area contributed by atoms with Crippen LogP contribution in [-0.2, 0) is 14.3 Å². The number of aromatic carboxylic acids is 1. The number of carboxylic acids is 1. The van der Waals surface area contributed by atoms with Gasteiger partial charge in [0.2, 0.25) is 0 Å². The second-order valence-corrected chi connectivity index (χ2v) is 3.40. The zero-order valence-electron chi connectivity index (χ0n) is 9.87. The average Bonchev–Trinajstić information content (AvgIpc) is 2.43. The lowest BCUT2D eigenvalue weighted by Crippen LogP contribution is -2.15. The van der Waals surface area contributed by atoms with Crippen molar-refractivity contribution in [1.82, 2.24) is 0 Å². The Morgan fingerprint density at radius 1 is 0.947 bits per heavy atom. The second-order valence-electron chi connectivity index (χ2n) is 3.40. The van der Waals surface area contributed by atoms with E-state index in [0.29, 0.717) is 0 Å². The molecule has 0 aliphatic heterocycles. The quantitative estimate of drug-likeness (QED) is 0.555. The average molecular weight is 268 g/mol. The molecule has 1 aromatic rings. The van der Waals surface area contributed by atoms with Crippen molar-refractivity contribution in [3.63, 3.8) is 0 Å². The first-order valence-electron chi connectivity index (χ1n) is 5.31. The zero-order chi connectivity index (χ0) is 14.3. The molecule has 0 spiro atoms. The topological polar surface area (TPSA) is 110 Å². The molecule has 0 unspecified atom stereocenters. The summed E-state index contributed by atoms with van der Waals surface area (Å²) >= 11 is 0. The van der Waals surface area contributed by atoms with Crippen LogP contribution in [0.2, 0.25) is 0 Å². The Kier molecular flexibility index (Phi) is 5.49. The van der Waals surface area contributed by atoms with Crippen molar-refractivity contribution in [3.8, 4) is 0 Å². The maximum atomic E-state index is 11.5. The first kappa shape index (κ1) is 14.7. The van der Waals surface area contributed by atoms with Crippen LogP contribution in [0.4, 0.5) is 0 Å². The predicted molar refractivity (Wildman–Crippen MR) is 61.7 cm³/mol. The van der Waals surface area contributed by atoms with E-state index in [1.807, 2.05) is 0 Å². The largest absolute Gasteiger partial charge is 0.478 e. The van der Waals surface area contributed by atoms with Gasteiger partial charge in [-0.3, -0.25) is 0 Å². The second kappa shape index (κ2) is 7.12. The van der Waals surface area contributed by atoms with Crippen molar-refractivity contribution in [2.75, 3.05) is 19.8 Å². The first-order chi connectivity index (χ1) is 9.04. The summed E-state index contributed by atoms with van der Waals surface area (Å²) in [7, 11) is 0. The highest BCUT2D eigenvalue weighted by atomic mass is 16.6. The van der Waals surface area contributed by atoms with Crippen LogP contribution in [0.5, 0.6) is 0 Å². The monoisotopic (exact) mass is 268 g/mol. The number of aliphatic hydroxyl groups is 1. The fourth-order valence-electron chi connectivity index (χ4n) is 1.17. The molecular formula is C12H12O7. The fourth-order valence-corrected chi connectivity index (χ4v) is 1.17. The Balaban J connectivity index is 2.41. The molecule has 0 amide bonds. The molecule has 1 rings (SSSR count). The summed E-state index contributed by atoms with van der Waals surface area (Å²) in [5.41, 5.74) is 0.256. The first-order valence-corrected chi connectivity index (χ1v) is 5.31. The highest BCUT2D eigenvalue weighted by Gasteiger charge is 2.09. The van der Waals surface area contributed by atoms with E-state index < -0.39 is 24.5 Å². The normalized spacial score (nSPS) is 9.74. The van der Waals surface area contributed by atoms with Crippen molar-refractivity contribution in [1.29, 1.82) is 0 Å². The molecule has 0 aliphatic rings. The van der Waals surface area contributed by atoms with E-state index in [0.717, 1.165) is 0 Å². The zero-order valence-corrected chi connectivity index (χ0v) is 9.87. The van der Waals surface area contributed by atoms with Gasteiger partial charge in [0.05, 0.1) is 11.1 Å². The van der Waals surface area contributed by atoms with E-state index in [1.54, 1.807) is 0 Å². The van der Waals surface area contributed by atoms with Gasteiger partial charge in [-0.15, -0.1) is 0 Å². The smallest absolute Gasteiger partial charge is 0.338 e. The molecule has 102 valence electrons. The maximum absolute atomic E-state index is 11.5. The molecule has 0 atom stereocenters. The molecule has 0 heterocycles. The highest BCUT2D eigenvalue weighted by Crippen LogP contribution is 2.06. The van der Waals surface area contributed by atoms with Crippen molar-refractivity contribution in [2.45, 2.75) is 0 Å². The third-order valence-corrected chi connectivity index (χ3v) is 2.08. The number of carbonyl (C=O) groups is 3. The summed E-state index contributed by atoms with van der Waals surface area (Å²) in [5.74, 6) is -2.55. The van der Waals surface area contributed by atoms with Crippen molar-refractivity contribution in [3.05, 3.63) is 35.4 Å². The number of benzene rings is 1. The lowest BCUT2D eigenvalue weighted by molar-refractivity contribution is -0.147. The summed E-state index contributed by atoms with van der Waals surface area (Å²) in [6.07, 6.45) is 0. The molecule has 7 heteroatoms. The predicted octanol–water partition coefficient (Wildman–Crippen LogP) is 0.0771. The van der Waals surface area contributed by atoms with E-state index in [9.17, 15) is 14.4 Å². The van der Waals surface area contributed by atoms with E-state index in [4.69, 9.17) is 14.9 Å². The highest BCUT2D eigenvalue weighted by molar-refractivity contribution is 5.92. The Hall–Kier alpha value is -2.41. The third-order valence-electron chi connectivity index (χ3n) is 2.08. The van der Waals surface area contributed by atoms with Gasteiger partial charge in [-0.2, -0.15) is 0 Å². The summed E-state index contributed by atoms with van der Waals surface area (Å²) in [6, 6.07) is 5.21. The molecule has 0 fully saturated rings. The molecule has 0 radical (unpaired) electrons. The van der Waals surface area contributed by atoms with Gasteiger partial charge in [0, 0.05) is 0 Å². The number of rotatable bonds is 6. The van der Waals surface area contributed by atoms with Crippen LogP contribution in [0.15, 0.2) is 24.3 Å². The van der Waals surface area contributed by atoms with Crippen LogP contribution >= 0.6 is 0 Å². The molecule has 0 saturated heterocycles. The minimum atomic E-state index is -1.09. The number of ether oxygens (including phenoxy) is 2. The Labute approximate surface area is 108 Å². The minimum absolute atomic E-state index is 0.0634. The molecule has 0 aliphatic carbocycles. The lowest BCUT2D eigenvalue weighted by atomic mass is 10.1.